The first-order valence-corrected chi connectivity index (χ1v) is 5.77. The number of rotatable bonds is 1. The van der Waals surface area contributed by atoms with Gasteiger partial charge in [0, 0.05) is 31.2 Å². The van der Waals surface area contributed by atoms with Gasteiger partial charge in [-0.3, -0.25) is 4.79 Å². The van der Waals surface area contributed by atoms with Crippen LogP contribution in [0.3, 0.4) is 0 Å². The minimum absolute atomic E-state index is 0.193. The van der Waals surface area contributed by atoms with E-state index in [0.29, 0.717) is 18.0 Å². The molecule has 15 heavy (non-hydrogen) atoms. The largest absolute Gasteiger partial charge is 0.332 e. The van der Waals surface area contributed by atoms with E-state index in [1.165, 1.54) is 0 Å². The van der Waals surface area contributed by atoms with Gasteiger partial charge in [-0.15, -0.1) is 0 Å². The van der Waals surface area contributed by atoms with Crippen LogP contribution in [-0.2, 0) is 4.79 Å². The van der Waals surface area contributed by atoms with Gasteiger partial charge in [0.25, 0.3) is 0 Å². The van der Waals surface area contributed by atoms with Gasteiger partial charge < -0.3 is 10.2 Å². The lowest BCUT2D eigenvalue weighted by Gasteiger charge is -2.26. The van der Waals surface area contributed by atoms with Crippen molar-refractivity contribution in [3.8, 4) is 0 Å². The first-order valence-electron chi connectivity index (χ1n) is 5.77. The zero-order valence-corrected chi connectivity index (χ0v) is 9.79. The fraction of sp³-hybridized carbons (Fsp3) is 0.750. The van der Waals surface area contributed by atoms with Crippen molar-refractivity contribution < 1.29 is 4.79 Å². The van der Waals surface area contributed by atoms with Crippen LogP contribution in [0.15, 0.2) is 11.6 Å². The summed E-state index contributed by atoms with van der Waals surface area (Å²) in [4.78, 5) is 14.1. The molecule has 3 unspecified atom stereocenters. The van der Waals surface area contributed by atoms with Gasteiger partial charge in [-0.1, -0.05) is 5.57 Å². The maximum absolute atomic E-state index is 12.0. The van der Waals surface area contributed by atoms with Crippen molar-refractivity contribution in [2.24, 2.45) is 5.92 Å². The van der Waals surface area contributed by atoms with E-state index in [4.69, 9.17) is 0 Å². The lowest BCUT2D eigenvalue weighted by atomic mass is 10.0. The molecule has 3 heteroatoms. The molecule has 2 saturated heterocycles. The molecule has 1 N–H and O–H groups in total. The Labute approximate surface area is 91.5 Å². The van der Waals surface area contributed by atoms with E-state index < -0.39 is 0 Å². The fourth-order valence-corrected chi connectivity index (χ4v) is 2.87. The summed E-state index contributed by atoms with van der Waals surface area (Å²) in [6, 6.07) is 0.841. The zero-order valence-electron chi connectivity index (χ0n) is 9.79. The summed E-state index contributed by atoms with van der Waals surface area (Å²) in [5.74, 6) is 0.869. The highest BCUT2D eigenvalue weighted by Crippen LogP contribution is 2.32. The smallest absolute Gasteiger partial charge is 0.247 e. The van der Waals surface area contributed by atoms with Crippen molar-refractivity contribution in [1.29, 1.82) is 0 Å². The van der Waals surface area contributed by atoms with Crippen molar-refractivity contribution in [2.45, 2.75) is 39.3 Å². The molecule has 0 aromatic carbocycles. The summed E-state index contributed by atoms with van der Waals surface area (Å²) in [6.07, 6.45) is 2.91. The second-order valence-corrected chi connectivity index (χ2v) is 5.04. The molecule has 0 spiro atoms. The predicted octanol–water partition coefficient (Wildman–Crippen LogP) is 1.16. The number of allylic oxidation sites excluding steroid dienone is 1. The molecule has 0 bridgehead atoms. The van der Waals surface area contributed by atoms with Gasteiger partial charge in [0.05, 0.1) is 0 Å². The number of carbonyl (C=O) groups excluding carboxylic acids is 1. The van der Waals surface area contributed by atoms with Crippen molar-refractivity contribution in [2.75, 3.05) is 13.1 Å². The lowest BCUT2D eigenvalue weighted by Crippen LogP contribution is -2.42. The van der Waals surface area contributed by atoms with Gasteiger partial charge in [-0.25, -0.2) is 0 Å². The molecular weight excluding hydrogens is 188 g/mol. The molecule has 2 heterocycles. The predicted molar refractivity (Wildman–Crippen MR) is 60.5 cm³/mol. The molecule has 0 aromatic rings. The highest BCUT2D eigenvalue weighted by atomic mass is 16.2. The van der Waals surface area contributed by atoms with E-state index in [0.717, 1.165) is 25.1 Å². The average Bonchev–Trinajstić information content (AvgIpc) is 2.60. The SMILES string of the molecule is CC(C)=CC(=O)N1C(C)CC2CNCC21. The highest BCUT2D eigenvalue weighted by molar-refractivity contribution is 5.89. The standard InChI is InChI=1S/C12H20N2O/c1-8(2)4-12(15)14-9(3)5-10-6-13-7-11(10)14/h4,9-11,13H,5-7H2,1-3H3. The second kappa shape index (κ2) is 3.97. The Kier molecular flexibility index (Phi) is 2.83. The van der Waals surface area contributed by atoms with Gasteiger partial charge in [0.15, 0.2) is 0 Å². The molecule has 2 aliphatic rings. The third-order valence-corrected chi connectivity index (χ3v) is 3.45. The monoisotopic (exact) mass is 208 g/mol. The van der Waals surface area contributed by atoms with Crippen molar-refractivity contribution in [3.05, 3.63) is 11.6 Å². The molecule has 0 radical (unpaired) electrons. The minimum atomic E-state index is 0.193. The van der Waals surface area contributed by atoms with E-state index in [1.807, 2.05) is 13.8 Å². The number of hydrogen-bond donors (Lipinski definition) is 1. The van der Waals surface area contributed by atoms with Crippen LogP contribution in [0.25, 0.3) is 0 Å². The van der Waals surface area contributed by atoms with E-state index in [9.17, 15) is 4.79 Å². The summed E-state index contributed by atoms with van der Waals surface area (Å²) in [7, 11) is 0. The number of likely N-dealkylation sites (tertiary alicyclic amines) is 1. The van der Waals surface area contributed by atoms with Crippen LogP contribution in [-0.4, -0.2) is 36.0 Å². The van der Waals surface area contributed by atoms with Crippen molar-refractivity contribution in [3.63, 3.8) is 0 Å². The van der Waals surface area contributed by atoms with Crippen LogP contribution in [0.5, 0.6) is 0 Å². The highest BCUT2D eigenvalue weighted by Gasteiger charge is 2.43. The Morgan fingerprint density at radius 3 is 2.80 bits per heavy atom. The Morgan fingerprint density at radius 2 is 2.13 bits per heavy atom. The molecule has 84 valence electrons. The summed E-state index contributed by atoms with van der Waals surface area (Å²) in [5.41, 5.74) is 1.08. The topological polar surface area (TPSA) is 32.3 Å². The molecule has 2 aliphatic heterocycles. The average molecular weight is 208 g/mol. The third-order valence-electron chi connectivity index (χ3n) is 3.45. The van der Waals surface area contributed by atoms with Gasteiger partial charge in [0.1, 0.15) is 0 Å². The van der Waals surface area contributed by atoms with E-state index in [1.54, 1.807) is 6.08 Å². The fourth-order valence-electron chi connectivity index (χ4n) is 2.87. The van der Waals surface area contributed by atoms with Crippen molar-refractivity contribution in [1.82, 2.24) is 10.2 Å². The number of nitrogens with one attached hydrogen (secondary N) is 1. The first kappa shape index (κ1) is 10.7. The number of nitrogens with zero attached hydrogens (tertiary/aromatic N) is 1. The van der Waals surface area contributed by atoms with Crippen LogP contribution in [0.4, 0.5) is 0 Å². The molecule has 0 aliphatic carbocycles. The van der Waals surface area contributed by atoms with Gasteiger partial charge in [0.2, 0.25) is 5.91 Å². The number of amides is 1. The van der Waals surface area contributed by atoms with E-state index in [2.05, 4.69) is 17.1 Å². The Bertz CT molecular complexity index is 294. The molecular formula is C12H20N2O. The molecule has 0 aromatic heterocycles. The molecule has 1 amide bonds. The summed E-state index contributed by atoms with van der Waals surface area (Å²) < 4.78 is 0. The van der Waals surface area contributed by atoms with E-state index in [-0.39, 0.29) is 5.91 Å². The molecule has 3 nitrogen and oxygen atoms in total. The zero-order chi connectivity index (χ0) is 11.0. The lowest BCUT2D eigenvalue weighted by molar-refractivity contribution is -0.128. The quantitative estimate of drug-likeness (QED) is 0.656. The normalized spacial score (nSPS) is 34.1. The van der Waals surface area contributed by atoms with Gasteiger partial charge in [-0.2, -0.15) is 0 Å². The maximum Gasteiger partial charge on any atom is 0.247 e. The maximum atomic E-state index is 12.0. The molecule has 2 fully saturated rings. The second-order valence-electron chi connectivity index (χ2n) is 5.04. The Hall–Kier alpha value is -0.830. The van der Waals surface area contributed by atoms with Crippen LogP contribution < -0.4 is 5.32 Å². The number of hydrogen-bond acceptors (Lipinski definition) is 2. The summed E-state index contributed by atoms with van der Waals surface area (Å²) in [6.45, 7) is 8.16. The van der Waals surface area contributed by atoms with Gasteiger partial charge >= 0.3 is 0 Å². The summed E-state index contributed by atoms with van der Waals surface area (Å²) in [5, 5.41) is 3.37. The van der Waals surface area contributed by atoms with Crippen molar-refractivity contribution >= 4 is 5.91 Å². The van der Waals surface area contributed by atoms with Crippen LogP contribution in [0, 0.1) is 5.92 Å². The molecule has 3 atom stereocenters. The Morgan fingerprint density at radius 1 is 1.40 bits per heavy atom. The number of fused-ring (bicyclic) bond motifs is 1. The molecule has 0 saturated carbocycles. The van der Waals surface area contributed by atoms with Crippen LogP contribution >= 0.6 is 0 Å². The third kappa shape index (κ3) is 1.93. The van der Waals surface area contributed by atoms with E-state index >= 15 is 0 Å². The van der Waals surface area contributed by atoms with Crippen LogP contribution in [0.1, 0.15) is 27.2 Å². The summed E-state index contributed by atoms with van der Waals surface area (Å²) >= 11 is 0. The minimum Gasteiger partial charge on any atom is -0.332 e. The van der Waals surface area contributed by atoms with Crippen LogP contribution in [0.2, 0.25) is 0 Å². The Balaban J connectivity index is 2.13. The molecule has 2 rings (SSSR count). The first-order chi connectivity index (χ1) is 7.09. The van der Waals surface area contributed by atoms with Gasteiger partial charge in [-0.05, 0) is 33.1 Å². The number of carbonyl (C=O) groups is 1.